The van der Waals surface area contributed by atoms with Crippen LogP contribution in [0.4, 0.5) is 0 Å². The van der Waals surface area contributed by atoms with Gasteiger partial charge in [-0.1, -0.05) is 13.8 Å². The van der Waals surface area contributed by atoms with Crippen molar-refractivity contribution in [2.45, 2.75) is 26.9 Å². The molecule has 0 aliphatic rings. The molecule has 1 rings (SSSR count). The normalized spacial score (nSPS) is 12.0. The molecule has 1 amide bonds. The standard InChI is InChI=1S/C19H27NO6/c1-12(2)11-20-19(22)13(3)26-18(21)8-7-14-9-16(24-5)17(25-6)10-15(14)23-4/h7-10,12-13H,11H2,1-6H3,(H,20,22)/b8-7+/t13-/m1/s1. The Bertz CT molecular complexity index is 654. The van der Waals surface area contributed by atoms with Crippen LogP contribution in [-0.4, -0.2) is 45.9 Å². The highest BCUT2D eigenvalue weighted by Crippen LogP contribution is 2.35. The summed E-state index contributed by atoms with van der Waals surface area (Å²) in [6.45, 7) is 6.02. The smallest absolute Gasteiger partial charge is 0.331 e. The van der Waals surface area contributed by atoms with Crippen molar-refractivity contribution in [1.29, 1.82) is 0 Å². The van der Waals surface area contributed by atoms with E-state index in [0.717, 1.165) is 0 Å². The first-order chi connectivity index (χ1) is 12.3. The van der Waals surface area contributed by atoms with Gasteiger partial charge < -0.3 is 24.3 Å². The molecule has 7 nitrogen and oxygen atoms in total. The third-order valence-corrected chi connectivity index (χ3v) is 3.48. The predicted octanol–water partition coefficient (Wildman–Crippen LogP) is 2.43. The summed E-state index contributed by atoms with van der Waals surface area (Å²) < 4.78 is 20.9. The van der Waals surface area contributed by atoms with E-state index >= 15 is 0 Å². The molecule has 0 fully saturated rings. The zero-order chi connectivity index (χ0) is 19.7. The molecule has 0 radical (unpaired) electrons. The van der Waals surface area contributed by atoms with E-state index in [-0.39, 0.29) is 5.91 Å². The molecule has 0 aliphatic heterocycles. The van der Waals surface area contributed by atoms with Crippen molar-refractivity contribution in [2.75, 3.05) is 27.9 Å². The van der Waals surface area contributed by atoms with Gasteiger partial charge >= 0.3 is 5.97 Å². The highest BCUT2D eigenvalue weighted by atomic mass is 16.5. The number of hydrogen-bond acceptors (Lipinski definition) is 6. The number of amides is 1. The minimum Gasteiger partial charge on any atom is -0.496 e. The molecule has 0 aromatic heterocycles. The van der Waals surface area contributed by atoms with E-state index in [1.54, 1.807) is 12.1 Å². The summed E-state index contributed by atoms with van der Waals surface area (Å²) >= 11 is 0. The Morgan fingerprint density at radius 2 is 1.58 bits per heavy atom. The Balaban J connectivity index is 2.80. The first kappa shape index (κ1) is 21.3. The van der Waals surface area contributed by atoms with Gasteiger partial charge in [-0.15, -0.1) is 0 Å². The zero-order valence-corrected chi connectivity index (χ0v) is 16.1. The van der Waals surface area contributed by atoms with Gasteiger partial charge in [-0.25, -0.2) is 4.79 Å². The molecule has 1 aromatic rings. The number of carbonyl (C=O) groups is 2. The van der Waals surface area contributed by atoms with Crippen molar-refractivity contribution in [1.82, 2.24) is 5.32 Å². The molecule has 0 heterocycles. The first-order valence-corrected chi connectivity index (χ1v) is 8.28. The Hall–Kier alpha value is -2.70. The summed E-state index contributed by atoms with van der Waals surface area (Å²) in [6, 6.07) is 3.34. The highest BCUT2D eigenvalue weighted by molar-refractivity contribution is 5.90. The Kier molecular flexibility index (Phi) is 8.48. The highest BCUT2D eigenvalue weighted by Gasteiger charge is 2.16. The van der Waals surface area contributed by atoms with Gasteiger partial charge in [0.25, 0.3) is 5.91 Å². The van der Waals surface area contributed by atoms with Crippen LogP contribution in [0.1, 0.15) is 26.3 Å². The number of carbonyl (C=O) groups excluding carboxylic acids is 2. The van der Waals surface area contributed by atoms with Crippen LogP contribution in [0.15, 0.2) is 18.2 Å². The van der Waals surface area contributed by atoms with Crippen LogP contribution in [0.25, 0.3) is 6.08 Å². The third kappa shape index (κ3) is 6.31. The van der Waals surface area contributed by atoms with E-state index in [0.29, 0.717) is 35.3 Å². The van der Waals surface area contributed by atoms with Crippen LogP contribution in [0.3, 0.4) is 0 Å². The second kappa shape index (κ2) is 10.3. The third-order valence-electron chi connectivity index (χ3n) is 3.48. The van der Waals surface area contributed by atoms with Crippen LogP contribution in [0.2, 0.25) is 0 Å². The molecule has 0 saturated heterocycles. The van der Waals surface area contributed by atoms with Gasteiger partial charge in [-0.3, -0.25) is 4.79 Å². The lowest BCUT2D eigenvalue weighted by molar-refractivity contribution is -0.150. The lowest BCUT2D eigenvalue weighted by atomic mass is 10.1. The monoisotopic (exact) mass is 365 g/mol. The molecule has 1 aromatic carbocycles. The van der Waals surface area contributed by atoms with Crippen molar-refractivity contribution in [3.05, 3.63) is 23.8 Å². The molecule has 26 heavy (non-hydrogen) atoms. The van der Waals surface area contributed by atoms with Crippen molar-refractivity contribution in [3.8, 4) is 17.2 Å². The number of esters is 1. The summed E-state index contributed by atoms with van der Waals surface area (Å²) in [4.78, 5) is 23.8. The number of hydrogen-bond donors (Lipinski definition) is 1. The fourth-order valence-corrected chi connectivity index (χ4v) is 2.06. The van der Waals surface area contributed by atoms with E-state index in [2.05, 4.69) is 5.32 Å². The number of benzene rings is 1. The zero-order valence-electron chi connectivity index (χ0n) is 16.1. The van der Waals surface area contributed by atoms with Gasteiger partial charge in [0, 0.05) is 24.3 Å². The van der Waals surface area contributed by atoms with Crippen LogP contribution in [0.5, 0.6) is 17.2 Å². The lowest BCUT2D eigenvalue weighted by Gasteiger charge is -2.14. The van der Waals surface area contributed by atoms with Gasteiger partial charge in [0.1, 0.15) is 5.75 Å². The Morgan fingerprint density at radius 1 is 1.00 bits per heavy atom. The molecule has 144 valence electrons. The first-order valence-electron chi connectivity index (χ1n) is 8.28. The quantitative estimate of drug-likeness (QED) is 0.535. The van der Waals surface area contributed by atoms with E-state index in [4.69, 9.17) is 18.9 Å². The van der Waals surface area contributed by atoms with E-state index in [9.17, 15) is 9.59 Å². The average molecular weight is 365 g/mol. The van der Waals surface area contributed by atoms with Gasteiger partial charge in [0.15, 0.2) is 17.6 Å². The summed E-state index contributed by atoms with van der Waals surface area (Å²) in [7, 11) is 4.55. The maximum Gasteiger partial charge on any atom is 0.331 e. The molecule has 1 atom stereocenters. The maximum absolute atomic E-state index is 12.0. The van der Waals surface area contributed by atoms with Crippen LogP contribution in [-0.2, 0) is 14.3 Å². The minimum absolute atomic E-state index is 0.319. The lowest BCUT2D eigenvalue weighted by Crippen LogP contribution is -2.37. The number of methoxy groups -OCH3 is 3. The number of nitrogens with one attached hydrogen (secondary N) is 1. The largest absolute Gasteiger partial charge is 0.496 e. The van der Waals surface area contributed by atoms with Crippen molar-refractivity contribution in [2.24, 2.45) is 5.92 Å². The SMILES string of the molecule is COc1cc(OC)c(OC)cc1/C=C/C(=O)O[C@H](C)C(=O)NCC(C)C. The number of rotatable bonds is 9. The second-order valence-corrected chi connectivity index (χ2v) is 6.00. The van der Waals surface area contributed by atoms with Gasteiger partial charge in [-0.2, -0.15) is 0 Å². The van der Waals surface area contributed by atoms with Crippen molar-refractivity contribution >= 4 is 18.0 Å². The topological polar surface area (TPSA) is 83.1 Å². The molecule has 0 saturated carbocycles. The summed E-state index contributed by atoms with van der Waals surface area (Å²) in [5, 5.41) is 2.72. The minimum atomic E-state index is -0.877. The van der Waals surface area contributed by atoms with E-state index < -0.39 is 12.1 Å². The fraction of sp³-hybridized carbons (Fsp3) is 0.474. The maximum atomic E-state index is 12.0. The van der Waals surface area contributed by atoms with Crippen molar-refractivity contribution in [3.63, 3.8) is 0 Å². The summed E-state index contributed by atoms with van der Waals surface area (Å²) in [6.07, 6.45) is 1.89. The molecular formula is C19H27NO6. The molecule has 0 bridgehead atoms. The summed E-state index contributed by atoms with van der Waals surface area (Å²) in [5.74, 6) is 0.883. The molecular weight excluding hydrogens is 338 g/mol. The Labute approximate surface area is 154 Å². The van der Waals surface area contributed by atoms with E-state index in [1.165, 1.54) is 40.4 Å². The van der Waals surface area contributed by atoms with Gasteiger partial charge in [-0.05, 0) is 25.0 Å². The molecule has 1 N–H and O–H groups in total. The molecule has 7 heteroatoms. The van der Waals surface area contributed by atoms with Gasteiger partial charge in [0.05, 0.1) is 21.3 Å². The van der Waals surface area contributed by atoms with Crippen LogP contribution < -0.4 is 19.5 Å². The van der Waals surface area contributed by atoms with E-state index in [1.807, 2.05) is 13.8 Å². The number of ether oxygens (including phenoxy) is 4. The molecule has 0 unspecified atom stereocenters. The average Bonchev–Trinajstić information content (AvgIpc) is 2.63. The molecule has 0 spiro atoms. The van der Waals surface area contributed by atoms with Crippen molar-refractivity contribution < 1.29 is 28.5 Å². The second-order valence-electron chi connectivity index (χ2n) is 6.00. The molecule has 0 aliphatic carbocycles. The Morgan fingerprint density at radius 3 is 2.12 bits per heavy atom. The van der Waals surface area contributed by atoms with Crippen LogP contribution >= 0.6 is 0 Å². The summed E-state index contributed by atoms with van der Waals surface area (Å²) in [5.41, 5.74) is 0.610. The van der Waals surface area contributed by atoms with Crippen LogP contribution in [0, 0.1) is 5.92 Å². The van der Waals surface area contributed by atoms with Gasteiger partial charge in [0.2, 0.25) is 0 Å². The fourth-order valence-electron chi connectivity index (χ4n) is 2.06. The predicted molar refractivity (Wildman–Crippen MR) is 98.5 cm³/mol.